The van der Waals surface area contributed by atoms with Crippen LogP contribution in [0.25, 0.3) is 0 Å². The van der Waals surface area contributed by atoms with Crippen LogP contribution in [0.1, 0.15) is 27.8 Å². The van der Waals surface area contributed by atoms with E-state index in [1.54, 1.807) is 37.4 Å². The van der Waals surface area contributed by atoms with Crippen LogP contribution in [0.15, 0.2) is 35.6 Å². The molecule has 23 heavy (non-hydrogen) atoms. The lowest BCUT2D eigenvalue weighted by molar-refractivity contribution is 0.0527. The van der Waals surface area contributed by atoms with E-state index in [0.717, 1.165) is 0 Å². The zero-order valence-corrected chi connectivity index (χ0v) is 14.1. The minimum Gasteiger partial charge on any atom is -0.462 e. The van der Waals surface area contributed by atoms with Gasteiger partial charge in [0.15, 0.2) is 10.9 Å². The van der Waals surface area contributed by atoms with Gasteiger partial charge < -0.3 is 10.1 Å². The van der Waals surface area contributed by atoms with Crippen LogP contribution in [0.4, 0.5) is 5.69 Å². The molecule has 0 aliphatic carbocycles. The number of halogens is 1. The Morgan fingerprint density at radius 1 is 1.35 bits per heavy atom. The van der Waals surface area contributed by atoms with Gasteiger partial charge in [-0.2, -0.15) is 0 Å². The van der Waals surface area contributed by atoms with Crippen LogP contribution in [-0.4, -0.2) is 34.7 Å². The SMILES string of the molecule is CCOC(=O)c1ccccc1NC(=O)c1nc(SC)ncc1Cl. The fourth-order valence-electron chi connectivity index (χ4n) is 1.77. The van der Waals surface area contributed by atoms with Crippen molar-refractivity contribution < 1.29 is 14.3 Å². The molecule has 0 aliphatic rings. The number of nitrogens with one attached hydrogen (secondary N) is 1. The highest BCUT2D eigenvalue weighted by Crippen LogP contribution is 2.20. The Labute approximate surface area is 142 Å². The first kappa shape index (κ1) is 17.2. The van der Waals surface area contributed by atoms with Gasteiger partial charge in [0.1, 0.15) is 0 Å². The average molecular weight is 352 g/mol. The highest BCUT2D eigenvalue weighted by molar-refractivity contribution is 7.98. The molecule has 0 fully saturated rings. The third kappa shape index (κ3) is 4.20. The Morgan fingerprint density at radius 3 is 2.78 bits per heavy atom. The lowest BCUT2D eigenvalue weighted by Crippen LogP contribution is -2.18. The fraction of sp³-hybridized carbons (Fsp3) is 0.200. The predicted octanol–water partition coefficient (Wildman–Crippen LogP) is 3.28. The summed E-state index contributed by atoms with van der Waals surface area (Å²) >= 11 is 7.27. The van der Waals surface area contributed by atoms with Gasteiger partial charge in [-0.1, -0.05) is 35.5 Å². The van der Waals surface area contributed by atoms with Crippen molar-refractivity contribution >= 4 is 40.9 Å². The van der Waals surface area contributed by atoms with Gasteiger partial charge in [0, 0.05) is 0 Å². The molecule has 6 nitrogen and oxygen atoms in total. The molecular formula is C15H14ClN3O3S. The standard InChI is InChI=1S/C15H14ClN3O3S/c1-3-22-14(21)9-6-4-5-7-11(9)18-13(20)12-10(16)8-17-15(19-12)23-2/h4-8H,3H2,1-2H3,(H,18,20). The number of thioether (sulfide) groups is 1. The summed E-state index contributed by atoms with van der Waals surface area (Å²) in [5, 5.41) is 3.20. The van der Waals surface area contributed by atoms with Crippen LogP contribution in [0.5, 0.6) is 0 Å². The summed E-state index contributed by atoms with van der Waals surface area (Å²) in [6, 6.07) is 6.57. The van der Waals surface area contributed by atoms with E-state index in [1.165, 1.54) is 18.0 Å². The van der Waals surface area contributed by atoms with Crippen molar-refractivity contribution in [1.29, 1.82) is 0 Å². The average Bonchev–Trinajstić information content (AvgIpc) is 2.56. The molecule has 0 spiro atoms. The molecule has 2 rings (SSSR count). The van der Waals surface area contributed by atoms with Crippen LogP contribution in [0, 0.1) is 0 Å². The van der Waals surface area contributed by atoms with Gasteiger partial charge in [-0.25, -0.2) is 14.8 Å². The van der Waals surface area contributed by atoms with Gasteiger partial charge >= 0.3 is 5.97 Å². The number of hydrogen-bond donors (Lipinski definition) is 1. The van der Waals surface area contributed by atoms with E-state index in [4.69, 9.17) is 16.3 Å². The van der Waals surface area contributed by atoms with Gasteiger partial charge in [0.25, 0.3) is 5.91 Å². The zero-order valence-electron chi connectivity index (χ0n) is 12.5. The summed E-state index contributed by atoms with van der Waals surface area (Å²) in [6.07, 6.45) is 3.16. The van der Waals surface area contributed by atoms with Crippen molar-refractivity contribution in [2.75, 3.05) is 18.2 Å². The second-order valence-electron chi connectivity index (χ2n) is 4.27. The summed E-state index contributed by atoms with van der Waals surface area (Å²) in [4.78, 5) is 32.4. The number of amides is 1. The highest BCUT2D eigenvalue weighted by Gasteiger charge is 2.18. The number of anilines is 1. The Balaban J connectivity index is 2.29. The molecule has 0 saturated carbocycles. The predicted molar refractivity (Wildman–Crippen MR) is 89.2 cm³/mol. The first-order valence-corrected chi connectivity index (χ1v) is 8.31. The molecule has 1 N–H and O–H groups in total. The minimum atomic E-state index is -0.524. The quantitative estimate of drug-likeness (QED) is 0.505. The summed E-state index contributed by atoms with van der Waals surface area (Å²) in [5.41, 5.74) is 0.638. The van der Waals surface area contributed by atoms with Crippen LogP contribution in [0.3, 0.4) is 0 Å². The molecule has 1 aromatic carbocycles. The van der Waals surface area contributed by atoms with E-state index >= 15 is 0 Å². The number of carbonyl (C=O) groups excluding carboxylic acids is 2. The molecule has 8 heteroatoms. The molecule has 2 aromatic rings. The number of carbonyl (C=O) groups is 2. The smallest absolute Gasteiger partial charge is 0.340 e. The van der Waals surface area contributed by atoms with Crippen LogP contribution in [-0.2, 0) is 4.74 Å². The lowest BCUT2D eigenvalue weighted by atomic mass is 10.1. The maximum absolute atomic E-state index is 12.4. The number of para-hydroxylation sites is 1. The van der Waals surface area contributed by atoms with Crippen LogP contribution in [0.2, 0.25) is 5.02 Å². The summed E-state index contributed by atoms with van der Waals surface area (Å²) in [6.45, 7) is 1.96. The van der Waals surface area contributed by atoms with E-state index in [2.05, 4.69) is 15.3 Å². The van der Waals surface area contributed by atoms with Gasteiger partial charge in [-0.15, -0.1) is 0 Å². The van der Waals surface area contributed by atoms with Crippen LogP contribution >= 0.6 is 23.4 Å². The first-order chi connectivity index (χ1) is 11.1. The molecule has 0 unspecified atom stereocenters. The Morgan fingerprint density at radius 2 is 2.09 bits per heavy atom. The molecule has 0 radical (unpaired) electrons. The molecular weight excluding hydrogens is 338 g/mol. The third-order valence-corrected chi connectivity index (χ3v) is 3.63. The first-order valence-electron chi connectivity index (χ1n) is 6.70. The van der Waals surface area contributed by atoms with Crippen LogP contribution < -0.4 is 5.32 Å². The van der Waals surface area contributed by atoms with Crippen molar-refractivity contribution in [3.63, 3.8) is 0 Å². The third-order valence-electron chi connectivity index (χ3n) is 2.79. The number of esters is 1. The van der Waals surface area contributed by atoms with E-state index in [1.807, 2.05) is 0 Å². The van der Waals surface area contributed by atoms with Crippen molar-refractivity contribution in [3.05, 3.63) is 46.7 Å². The highest BCUT2D eigenvalue weighted by atomic mass is 35.5. The summed E-state index contributed by atoms with van der Waals surface area (Å²) in [7, 11) is 0. The number of benzene rings is 1. The number of hydrogen-bond acceptors (Lipinski definition) is 6. The molecule has 120 valence electrons. The topological polar surface area (TPSA) is 81.2 Å². The summed E-state index contributed by atoms with van der Waals surface area (Å²) < 4.78 is 4.97. The molecule has 0 atom stereocenters. The molecule has 1 amide bonds. The molecule has 0 saturated heterocycles. The second-order valence-corrected chi connectivity index (χ2v) is 5.45. The largest absolute Gasteiger partial charge is 0.462 e. The van der Waals surface area contributed by atoms with Gasteiger partial charge in [0.05, 0.1) is 29.1 Å². The molecule has 0 bridgehead atoms. The van der Waals surface area contributed by atoms with E-state index in [-0.39, 0.29) is 22.9 Å². The van der Waals surface area contributed by atoms with Crippen molar-refractivity contribution in [2.45, 2.75) is 12.1 Å². The maximum Gasteiger partial charge on any atom is 0.340 e. The monoisotopic (exact) mass is 351 g/mol. The number of nitrogens with zero attached hydrogens (tertiary/aromatic N) is 2. The van der Waals surface area contributed by atoms with E-state index in [0.29, 0.717) is 10.8 Å². The number of ether oxygens (including phenoxy) is 1. The van der Waals surface area contributed by atoms with E-state index in [9.17, 15) is 9.59 Å². The lowest BCUT2D eigenvalue weighted by Gasteiger charge is -2.10. The number of rotatable bonds is 5. The Hall–Kier alpha value is -2.12. The second kappa shape index (κ2) is 7.94. The zero-order chi connectivity index (χ0) is 16.8. The molecule has 0 aliphatic heterocycles. The van der Waals surface area contributed by atoms with Crippen molar-refractivity contribution in [3.8, 4) is 0 Å². The van der Waals surface area contributed by atoms with Gasteiger partial charge in [-0.05, 0) is 25.3 Å². The van der Waals surface area contributed by atoms with Crippen molar-refractivity contribution in [1.82, 2.24) is 9.97 Å². The van der Waals surface area contributed by atoms with Crippen molar-refractivity contribution in [2.24, 2.45) is 0 Å². The van der Waals surface area contributed by atoms with Gasteiger partial charge in [-0.3, -0.25) is 4.79 Å². The van der Waals surface area contributed by atoms with Gasteiger partial charge in [0.2, 0.25) is 0 Å². The minimum absolute atomic E-state index is 0.0460. The Kier molecular flexibility index (Phi) is 5.95. The van der Waals surface area contributed by atoms with E-state index < -0.39 is 11.9 Å². The number of aromatic nitrogens is 2. The fourth-order valence-corrected chi connectivity index (χ4v) is 2.29. The normalized spacial score (nSPS) is 10.2. The molecule has 1 aromatic heterocycles. The molecule has 1 heterocycles. The maximum atomic E-state index is 12.4. The Bertz CT molecular complexity index is 740. The summed E-state index contributed by atoms with van der Waals surface area (Å²) in [5.74, 6) is -1.04.